The minimum Gasteiger partial charge on any atom is -0.466 e. The smallest absolute Gasteiger partial charge is 0.333 e. The second kappa shape index (κ2) is 3.83. The number of methoxy groups -OCH3 is 1. The van der Waals surface area contributed by atoms with Crippen LogP contribution in [0.1, 0.15) is 39.5 Å². The van der Waals surface area contributed by atoms with Crippen LogP contribution in [-0.4, -0.2) is 25.8 Å². The summed E-state index contributed by atoms with van der Waals surface area (Å²) in [4.78, 5) is 11.8. The number of rotatable bonds is 1. The van der Waals surface area contributed by atoms with Crippen LogP contribution in [0.3, 0.4) is 0 Å². The summed E-state index contributed by atoms with van der Waals surface area (Å²) >= 11 is 0. The fraction of sp³-hybridized carbons (Fsp3) is 0.800. The lowest BCUT2D eigenvalue weighted by atomic mass is 9.52. The molecule has 18 heavy (non-hydrogen) atoms. The molecule has 0 N–H and O–H groups in total. The normalized spacial score (nSPS) is 40.9. The van der Waals surface area contributed by atoms with Crippen LogP contribution >= 0.6 is 0 Å². The molecule has 1 saturated heterocycles. The minimum atomic E-state index is -0.174. The highest BCUT2D eigenvalue weighted by molar-refractivity contribution is 5.89. The summed E-state index contributed by atoms with van der Waals surface area (Å²) in [6.45, 7) is 5.51. The first kappa shape index (κ1) is 12.2. The highest BCUT2D eigenvalue weighted by atomic mass is 16.5. The molecule has 0 aromatic rings. The summed E-state index contributed by atoms with van der Waals surface area (Å²) in [7, 11) is 1.46. The summed E-state index contributed by atoms with van der Waals surface area (Å²) in [5.41, 5.74) is 1.33. The number of hydrogen-bond acceptors (Lipinski definition) is 3. The van der Waals surface area contributed by atoms with E-state index in [1.165, 1.54) is 26.4 Å². The molecule has 0 amide bonds. The fourth-order valence-corrected chi connectivity index (χ4v) is 4.65. The van der Waals surface area contributed by atoms with Crippen LogP contribution in [0.5, 0.6) is 0 Å². The SMILES string of the molecule is COC(=O)C1=C[C@@H]2OC[C@]3(CCCC(C)(C)[C@@H]23)C1. The van der Waals surface area contributed by atoms with Crippen molar-refractivity contribution in [2.24, 2.45) is 16.7 Å². The molecule has 1 aliphatic heterocycles. The average Bonchev–Trinajstić information content (AvgIpc) is 2.59. The molecule has 0 unspecified atom stereocenters. The molecule has 3 atom stereocenters. The van der Waals surface area contributed by atoms with Crippen molar-refractivity contribution in [3.63, 3.8) is 0 Å². The fourth-order valence-electron chi connectivity index (χ4n) is 4.65. The van der Waals surface area contributed by atoms with Crippen molar-refractivity contribution < 1.29 is 14.3 Å². The van der Waals surface area contributed by atoms with Gasteiger partial charge in [0.1, 0.15) is 0 Å². The van der Waals surface area contributed by atoms with Crippen molar-refractivity contribution in [2.75, 3.05) is 13.7 Å². The van der Waals surface area contributed by atoms with Crippen molar-refractivity contribution in [3.05, 3.63) is 11.6 Å². The van der Waals surface area contributed by atoms with Gasteiger partial charge in [-0.1, -0.05) is 20.3 Å². The second-order valence-corrected chi connectivity index (χ2v) is 6.82. The van der Waals surface area contributed by atoms with E-state index in [2.05, 4.69) is 13.8 Å². The third-order valence-electron chi connectivity index (χ3n) is 5.24. The van der Waals surface area contributed by atoms with Crippen molar-refractivity contribution in [1.29, 1.82) is 0 Å². The minimum absolute atomic E-state index is 0.114. The molecule has 2 fully saturated rings. The molecular weight excluding hydrogens is 228 g/mol. The Morgan fingerprint density at radius 1 is 1.44 bits per heavy atom. The van der Waals surface area contributed by atoms with E-state index in [1.807, 2.05) is 6.08 Å². The molecule has 2 aliphatic carbocycles. The highest BCUT2D eigenvalue weighted by Crippen LogP contribution is 2.61. The molecule has 100 valence electrons. The van der Waals surface area contributed by atoms with Gasteiger partial charge >= 0.3 is 5.97 Å². The molecule has 3 nitrogen and oxygen atoms in total. The maximum atomic E-state index is 11.8. The van der Waals surface area contributed by atoms with Crippen LogP contribution in [0.25, 0.3) is 0 Å². The summed E-state index contributed by atoms with van der Waals surface area (Å²) in [5, 5.41) is 0. The second-order valence-electron chi connectivity index (χ2n) is 6.82. The van der Waals surface area contributed by atoms with Gasteiger partial charge in [0.25, 0.3) is 0 Å². The van der Waals surface area contributed by atoms with Gasteiger partial charge in [-0.2, -0.15) is 0 Å². The molecule has 3 aliphatic rings. The Morgan fingerprint density at radius 2 is 2.22 bits per heavy atom. The van der Waals surface area contributed by atoms with E-state index in [-0.39, 0.29) is 17.5 Å². The summed E-state index contributed by atoms with van der Waals surface area (Å²) < 4.78 is 10.9. The maximum Gasteiger partial charge on any atom is 0.333 e. The van der Waals surface area contributed by atoms with Crippen molar-refractivity contribution >= 4 is 5.97 Å². The standard InChI is InChI=1S/C15H22O3/c1-14(2)5-4-6-15-8-10(13(16)17-3)7-11(12(14)15)18-9-15/h7,11-12H,4-6,8-9H2,1-3H3/t11-,12+,15-/m0/s1. The van der Waals surface area contributed by atoms with Gasteiger partial charge in [-0.3, -0.25) is 0 Å². The Morgan fingerprint density at radius 3 is 2.94 bits per heavy atom. The van der Waals surface area contributed by atoms with Gasteiger partial charge < -0.3 is 9.47 Å². The lowest BCUT2D eigenvalue weighted by Crippen LogP contribution is -2.48. The van der Waals surface area contributed by atoms with E-state index < -0.39 is 0 Å². The number of esters is 1. The van der Waals surface area contributed by atoms with Crippen LogP contribution in [-0.2, 0) is 14.3 Å². The van der Waals surface area contributed by atoms with Gasteiger partial charge in [0, 0.05) is 16.9 Å². The van der Waals surface area contributed by atoms with Gasteiger partial charge in [0.2, 0.25) is 0 Å². The van der Waals surface area contributed by atoms with Crippen molar-refractivity contribution in [2.45, 2.75) is 45.6 Å². The first-order valence-corrected chi connectivity index (χ1v) is 6.89. The molecule has 3 heteroatoms. The Balaban J connectivity index is 1.98. The number of carbonyl (C=O) groups is 1. The quantitative estimate of drug-likeness (QED) is 0.671. The zero-order valence-corrected chi connectivity index (χ0v) is 11.5. The van der Waals surface area contributed by atoms with Crippen LogP contribution in [0, 0.1) is 16.7 Å². The molecule has 0 aromatic heterocycles. The first-order valence-electron chi connectivity index (χ1n) is 6.89. The maximum absolute atomic E-state index is 11.8. The first-order chi connectivity index (χ1) is 8.48. The monoisotopic (exact) mass is 250 g/mol. The third kappa shape index (κ3) is 1.56. The van der Waals surface area contributed by atoms with E-state index in [4.69, 9.17) is 9.47 Å². The van der Waals surface area contributed by atoms with E-state index in [0.717, 1.165) is 18.6 Å². The molecule has 0 spiro atoms. The highest BCUT2D eigenvalue weighted by Gasteiger charge is 2.59. The lowest BCUT2D eigenvalue weighted by molar-refractivity contribution is -0.137. The molecule has 0 aromatic carbocycles. The molecule has 0 radical (unpaired) electrons. The summed E-state index contributed by atoms with van der Waals surface area (Å²) in [6, 6.07) is 0. The molecule has 1 heterocycles. The average molecular weight is 250 g/mol. The number of hydrogen-bond donors (Lipinski definition) is 0. The lowest BCUT2D eigenvalue weighted by Gasteiger charge is -2.51. The zero-order chi connectivity index (χ0) is 13.0. The van der Waals surface area contributed by atoms with E-state index in [1.54, 1.807) is 0 Å². The molecule has 1 saturated carbocycles. The topological polar surface area (TPSA) is 35.5 Å². The van der Waals surface area contributed by atoms with E-state index in [0.29, 0.717) is 11.3 Å². The van der Waals surface area contributed by atoms with E-state index in [9.17, 15) is 4.79 Å². The predicted octanol–water partition coefficient (Wildman–Crippen LogP) is 2.70. The summed E-state index contributed by atoms with van der Waals surface area (Å²) in [6.07, 6.45) is 6.67. The molecular formula is C15H22O3. The molecule has 2 bridgehead atoms. The zero-order valence-electron chi connectivity index (χ0n) is 11.5. The van der Waals surface area contributed by atoms with Gasteiger partial charge in [0.05, 0.1) is 19.8 Å². The van der Waals surface area contributed by atoms with Crippen LogP contribution < -0.4 is 0 Å². The Bertz CT molecular complexity index is 410. The number of carbonyl (C=O) groups excluding carboxylic acids is 1. The molecule has 3 rings (SSSR count). The number of ether oxygens (including phenoxy) is 2. The van der Waals surface area contributed by atoms with Gasteiger partial charge in [0.15, 0.2) is 0 Å². The third-order valence-corrected chi connectivity index (χ3v) is 5.24. The largest absolute Gasteiger partial charge is 0.466 e. The van der Waals surface area contributed by atoms with Crippen molar-refractivity contribution in [1.82, 2.24) is 0 Å². The predicted molar refractivity (Wildman–Crippen MR) is 68.0 cm³/mol. The van der Waals surface area contributed by atoms with Crippen LogP contribution in [0.2, 0.25) is 0 Å². The van der Waals surface area contributed by atoms with Gasteiger partial charge in [-0.15, -0.1) is 0 Å². The van der Waals surface area contributed by atoms with E-state index >= 15 is 0 Å². The van der Waals surface area contributed by atoms with Gasteiger partial charge in [-0.05, 0) is 30.8 Å². The van der Waals surface area contributed by atoms with Gasteiger partial charge in [-0.25, -0.2) is 4.79 Å². The summed E-state index contributed by atoms with van der Waals surface area (Å²) in [5.74, 6) is 0.388. The van der Waals surface area contributed by atoms with Crippen LogP contribution in [0.15, 0.2) is 11.6 Å². The Labute approximate surface area is 109 Å². The van der Waals surface area contributed by atoms with Crippen LogP contribution in [0.4, 0.5) is 0 Å². The van der Waals surface area contributed by atoms with Crippen molar-refractivity contribution in [3.8, 4) is 0 Å². The Kier molecular flexibility index (Phi) is 2.60. The Hall–Kier alpha value is -0.830.